The molecule has 1 aliphatic rings. The molecule has 0 atom stereocenters. The summed E-state index contributed by atoms with van der Waals surface area (Å²) in [6.45, 7) is 2.04. The van der Waals surface area contributed by atoms with E-state index in [-0.39, 0.29) is 18.1 Å². The summed E-state index contributed by atoms with van der Waals surface area (Å²) in [7, 11) is 0. The van der Waals surface area contributed by atoms with E-state index in [0.29, 0.717) is 17.9 Å². The summed E-state index contributed by atoms with van der Waals surface area (Å²) >= 11 is 3.53. The van der Waals surface area contributed by atoms with Gasteiger partial charge in [0.15, 0.2) is 0 Å². The first-order chi connectivity index (χ1) is 16.0. The van der Waals surface area contributed by atoms with Crippen LogP contribution < -0.4 is 4.74 Å². The number of hydrogen-bond donors (Lipinski definition) is 0. The molecule has 0 amide bonds. The second-order valence-corrected chi connectivity index (χ2v) is 8.54. The molecule has 4 nitrogen and oxygen atoms in total. The molecule has 170 valence electrons. The van der Waals surface area contributed by atoms with Crippen molar-refractivity contribution in [2.75, 3.05) is 6.61 Å². The number of carbonyl (C=O) groups excluding carboxylic acids is 1. The molecule has 33 heavy (non-hydrogen) atoms. The highest BCUT2D eigenvalue weighted by molar-refractivity contribution is 9.10. The second kappa shape index (κ2) is 10.3. The van der Waals surface area contributed by atoms with Crippen molar-refractivity contribution in [3.8, 4) is 5.75 Å². The summed E-state index contributed by atoms with van der Waals surface area (Å²) in [6, 6.07) is 12.5. The monoisotopic (exact) mass is 513 g/mol. The molecule has 0 saturated heterocycles. The minimum absolute atomic E-state index is 0.0278. The zero-order valence-electron chi connectivity index (χ0n) is 18.0. The molecule has 3 aromatic rings. The van der Waals surface area contributed by atoms with Crippen molar-refractivity contribution in [2.24, 2.45) is 0 Å². The van der Waals surface area contributed by atoms with Crippen LogP contribution in [0.1, 0.15) is 53.4 Å². The van der Waals surface area contributed by atoms with Crippen LogP contribution in [0.4, 0.5) is 8.78 Å². The summed E-state index contributed by atoms with van der Waals surface area (Å²) in [5.41, 5.74) is 4.44. The van der Waals surface area contributed by atoms with E-state index in [1.165, 1.54) is 12.1 Å². The first-order valence-corrected chi connectivity index (χ1v) is 11.5. The Labute approximate surface area is 199 Å². The second-order valence-electron chi connectivity index (χ2n) is 7.63. The number of halogens is 3. The number of benzene rings is 2. The van der Waals surface area contributed by atoms with Crippen LogP contribution in [0.5, 0.6) is 5.75 Å². The summed E-state index contributed by atoms with van der Waals surface area (Å²) < 4.78 is 39.3. The molecule has 1 aromatic heterocycles. The van der Waals surface area contributed by atoms with Gasteiger partial charge in [0.1, 0.15) is 24.0 Å². The molecule has 0 bridgehead atoms. The standard InChI is InChI=1S/C26H22BrF2NO3/c1-2-32-26(31)16-10-11-30-24(12-16)21-5-3-4-20(21)22-13-18(27)7-9-25(22)33-15-17-6-8-19(28)14-23(17)29/h6-14H,2-5,15H2,1H3. The lowest BCUT2D eigenvalue weighted by atomic mass is 9.98. The van der Waals surface area contributed by atoms with E-state index in [4.69, 9.17) is 9.47 Å². The van der Waals surface area contributed by atoms with Crippen LogP contribution in [0.15, 0.2) is 59.2 Å². The molecule has 0 saturated carbocycles. The Morgan fingerprint density at radius 1 is 1.06 bits per heavy atom. The fraction of sp³-hybridized carbons (Fsp3) is 0.231. The Morgan fingerprint density at radius 2 is 1.88 bits per heavy atom. The van der Waals surface area contributed by atoms with Crippen molar-refractivity contribution in [3.05, 3.63) is 93.2 Å². The van der Waals surface area contributed by atoms with Crippen molar-refractivity contribution in [2.45, 2.75) is 32.8 Å². The fourth-order valence-electron chi connectivity index (χ4n) is 3.92. The van der Waals surface area contributed by atoms with E-state index < -0.39 is 11.6 Å². The van der Waals surface area contributed by atoms with E-state index in [1.807, 2.05) is 18.2 Å². The van der Waals surface area contributed by atoms with Crippen molar-refractivity contribution in [3.63, 3.8) is 0 Å². The smallest absolute Gasteiger partial charge is 0.338 e. The van der Waals surface area contributed by atoms with Gasteiger partial charge in [0.2, 0.25) is 0 Å². The molecular weight excluding hydrogens is 492 g/mol. The number of ether oxygens (including phenoxy) is 2. The molecule has 0 unspecified atom stereocenters. The highest BCUT2D eigenvalue weighted by atomic mass is 79.9. The maximum absolute atomic E-state index is 14.1. The number of rotatable bonds is 7. The molecule has 0 radical (unpaired) electrons. The van der Waals surface area contributed by atoms with E-state index in [2.05, 4.69) is 20.9 Å². The fourth-order valence-corrected chi connectivity index (χ4v) is 4.28. The first kappa shape index (κ1) is 23.1. The number of esters is 1. The van der Waals surface area contributed by atoms with Gasteiger partial charge in [-0.25, -0.2) is 13.6 Å². The molecule has 7 heteroatoms. The lowest BCUT2D eigenvalue weighted by molar-refractivity contribution is 0.0526. The number of hydrogen-bond acceptors (Lipinski definition) is 4. The van der Waals surface area contributed by atoms with Crippen molar-refractivity contribution in [1.29, 1.82) is 0 Å². The van der Waals surface area contributed by atoms with Gasteiger partial charge < -0.3 is 9.47 Å². The van der Waals surface area contributed by atoms with Crippen LogP contribution in [-0.4, -0.2) is 17.6 Å². The normalized spacial score (nSPS) is 13.3. The van der Waals surface area contributed by atoms with Crippen LogP contribution in [0.25, 0.3) is 11.1 Å². The minimum atomic E-state index is -0.644. The maximum atomic E-state index is 14.1. The van der Waals surface area contributed by atoms with Gasteiger partial charge in [-0.05, 0) is 79.8 Å². The zero-order chi connectivity index (χ0) is 23.4. The summed E-state index contributed by atoms with van der Waals surface area (Å²) in [6.07, 6.45) is 4.18. The molecule has 4 rings (SSSR count). The third kappa shape index (κ3) is 5.30. The number of allylic oxidation sites excluding steroid dienone is 2. The number of carbonyl (C=O) groups is 1. The Hall–Kier alpha value is -3.06. The molecule has 0 spiro atoms. The van der Waals surface area contributed by atoms with Gasteiger partial charge >= 0.3 is 5.97 Å². The lowest BCUT2D eigenvalue weighted by Crippen LogP contribution is -2.05. The predicted octanol–water partition coefficient (Wildman–Crippen LogP) is 6.97. The molecule has 0 aliphatic heterocycles. The topological polar surface area (TPSA) is 48.4 Å². The number of aromatic nitrogens is 1. The predicted molar refractivity (Wildman–Crippen MR) is 126 cm³/mol. The number of nitrogens with zero attached hydrogens (tertiary/aromatic N) is 1. The Balaban J connectivity index is 1.69. The van der Waals surface area contributed by atoms with Crippen LogP contribution in [0.2, 0.25) is 0 Å². The van der Waals surface area contributed by atoms with Crippen LogP contribution in [0.3, 0.4) is 0 Å². The van der Waals surface area contributed by atoms with Crippen molar-refractivity contribution < 1.29 is 23.0 Å². The van der Waals surface area contributed by atoms with Crippen molar-refractivity contribution in [1.82, 2.24) is 4.98 Å². The van der Waals surface area contributed by atoms with E-state index >= 15 is 0 Å². The van der Waals surface area contributed by atoms with Crippen molar-refractivity contribution >= 4 is 33.0 Å². The number of pyridine rings is 1. The lowest BCUT2D eigenvalue weighted by Gasteiger charge is -2.15. The Bertz CT molecular complexity index is 1230. The average Bonchev–Trinajstić information content (AvgIpc) is 3.29. The van der Waals surface area contributed by atoms with Crippen LogP contribution >= 0.6 is 15.9 Å². The van der Waals surface area contributed by atoms with E-state index in [1.54, 1.807) is 25.3 Å². The summed E-state index contributed by atoms with van der Waals surface area (Å²) in [4.78, 5) is 16.7. The molecule has 2 aromatic carbocycles. The Morgan fingerprint density at radius 3 is 2.67 bits per heavy atom. The van der Waals surface area contributed by atoms with Gasteiger partial charge in [-0.1, -0.05) is 15.9 Å². The third-order valence-electron chi connectivity index (χ3n) is 5.46. The largest absolute Gasteiger partial charge is 0.488 e. The SMILES string of the molecule is CCOC(=O)c1ccnc(C2=C(c3cc(Br)ccc3OCc3ccc(F)cc3F)CCC2)c1. The molecule has 1 aliphatic carbocycles. The highest BCUT2D eigenvalue weighted by Crippen LogP contribution is 2.43. The average molecular weight is 514 g/mol. The zero-order valence-corrected chi connectivity index (χ0v) is 19.6. The summed E-state index contributed by atoms with van der Waals surface area (Å²) in [5.74, 6) is -1.06. The van der Waals surface area contributed by atoms with Gasteiger partial charge in [-0.2, -0.15) is 0 Å². The van der Waals surface area contributed by atoms with E-state index in [9.17, 15) is 13.6 Å². The molecule has 0 N–H and O–H groups in total. The minimum Gasteiger partial charge on any atom is -0.488 e. The molecular formula is C26H22BrF2NO3. The van der Waals surface area contributed by atoms with E-state index in [0.717, 1.165) is 52.2 Å². The van der Waals surface area contributed by atoms with Gasteiger partial charge in [0, 0.05) is 27.9 Å². The quantitative estimate of drug-likeness (QED) is 0.320. The summed E-state index contributed by atoms with van der Waals surface area (Å²) in [5, 5.41) is 0. The van der Waals surface area contributed by atoms with Crippen LogP contribution in [-0.2, 0) is 11.3 Å². The van der Waals surface area contributed by atoms with Gasteiger partial charge in [-0.15, -0.1) is 0 Å². The Kier molecular flexibility index (Phi) is 7.18. The van der Waals surface area contributed by atoms with Gasteiger partial charge in [-0.3, -0.25) is 4.98 Å². The van der Waals surface area contributed by atoms with Gasteiger partial charge in [0.05, 0.1) is 17.9 Å². The third-order valence-corrected chi connectivity index (χ3v) is 5.96. The molecule has 1 heterocycles. The maximum Gasteiger partial charge on any atom is 0.338 e. The first-order valence-electron chi connectivity index (χ1n) is 10.7. The molecule has 0 fully saturated rings. The highest BCUT2D eigenvalue weighted by Gasteiger charge is 2.23. The van der Waals surface area contributed by atoms with Gasteiger partial charge in [0.25, 0.3) is 0 Å². The van der Waals surface area contributed by atoms with Crippen LogP contribution in [0, 0.1) is 11.6 Å².